The molecule has 0 aromatic heterocycles. The van der Waals surface area contributed by atoms with E-state index in [9.17, 15) is 19.2 Å². The van der Waals surface area contributed by atoms with Crippen LogP contribution in [0, 0.1) is 0 Å². The maximum absolute atomic E-state index is 12.7. The van der Waals surface area contributed by atoms with Gasteiger partial charge in [-0.2, -0.15) is 0 Å². The van der Waals surface area contributed by atoms with Crippen LogP contribution in [0.3, 0.4) is 0 Å². The number of hydrogen-bond donors (Lipinski definition) is 4. The number of nitrogens with zero attached hydrogens (tertiary/aromatic N) is 2. The lowest BCUT2D eigenvalue weighted by molar-refractivity contribution is -0.153. The summed E-state index contributed by atoms with van der Waals surface area (Å²) in [5.74, 6) is 2.69. The molecule has 0 bridgehead atoms. The van der Waals surface area contributed by atoms with Crippen LogP contribution in [-0.4, -0.2) is 68.2 Å². The first-order valence-electron chi connectivity index (χ1n) is 10.6. The van der Waals surface area contributed by atoms with Crippen LogP contribution in [0.15, 0.2) is 47.5 Å². The van der Waals surface area contributed by atoms with Crippen LogP contribution in [-0.2, 0) is 25.5 Å². The van der Waals surface area contributed by atoms with Crippen LogP contribution in [0.4, 0.5) is 5.69 Å². The molecule has 0 saturated carbocycles. The first-order valence-corrected chi connectivity index (χ1v) is 11.3. The van der Waals surface area contributed by atoms with Gasteiger partial charge in [-0.3, -0.25) is 14.4 Å². The molecule has 2 rings (SSSR count). The molecule has 1 atom stereocenters. The first-order chi connectivity index (χ1) is 17.1. The average molecular weight is 537 g/mol. The molecule has 2 aromatic rings. The normalized spacial score (nSPS) is 11.5. The number of carbonyl (C=O) groups excluding carboxylic acids is 4. The molecular formula is C23H26Cl2N6O5. The molecule has 0 fully saturated rings. The molecule has 0 aliphatic rings. The van der Waals surface area contributed by atoms with Crippen molar-refractivity contribution in [3.05, 3.63) is 63.6 Å². The highest BCUT2D eigenvalue weighted by Crippen LogP contribution is 2.20. The van der Waals surface area contributed by atoms with E-state index in [4.69, 9.17) is 33.8 Å². The minimum Gasteiger partial charge on any atom is -0.454 e. The summed E-state index contributed by atoms with van der Waals surface area (Å²) < 4.78 is 5.08. The Morgan fingerprint density at radius 2 is 1.81 bits per heavy atom. The molecule has 11 nitrogen and oxygen atoms in total. The summed E-state index contributed by atoms with van der Waals surface area (Å²) in [6, 6.07) is 9.87. The van der Waals surface area contributed by atoms with Gasteiger partial charge in [0.25, 0.3) is 11.8 Å². The number of rotatable bonds is 11. The highest BCUT2D eigenvalue weighted by Gasteiger charge is 2.24. The number of aliphatic imine (C=N–C) groups is 1. The second-order valence-electron chi connectivity index (χ2n) is 7.66. The zero-order valence-electron chi connectivity index (χ0n) is 19.6. The smallest absolute Gasteiger partial charge is 0.329 e. The number of amides is 3. The number of carbonyl (C=O) groups is 4. The Bertz CT molecular complexity index is 1120. The predicted octanol–water partition coefficient (Wildman–Crippen LogP) is 1.21. The first kappa shape index (κ1) is 28.6. The van der Waals surface area contributed by atoms with Gasteiger partial charge in [0.05, 0.1) is 12.2 Å². The van der Waals surface area contributed by atoms with E-state index in [-0.39, 0.29) is 12.0 Å². The number of likely N-dealkylation sites (N-methyl/N-ethyl adjacent to an activating group) is 1. The van der Waals surface area contributed by atoms with Crippen LogP contribution in [0.2, 0.25) is 10.0 Å². The van der Waals surface area contributed by atoms with Crippen molar-refractivity contribution in [2.24, 2.45) is 10.8 Å². The molecule has 0 radical (unpaired) electrons. The van der Waals surface area contributed by atoms with Crippen molar-refractivity contribution < 1.29 is 23.9 Å². The summed E-state index contributed by atoms with van der Waals surface area (Å²) in [5, 5.41) is 5.69. The molecule has 36 heavy (non-hydrogen) atoms. The zero-order valence-corrected chi connectivity index (χ0v) is 21.1. The number of benzene rings is 2. The van der Waals surface area contributed by atoms with Gasteiger partial charge in [0.2, 0.25) is 5.91 Å². The fraction of sp³-hybridized carbons (Fsp3) is 0.261. The molecule has 0 saturated heterocycles. The minimum atomic E-state index is -1.17. The van der Waals surface area contributed by atoms with E-state index in [1.165, 1.54) is 37.5 Å². The molecule has 3 amide bonds. The third-order valence-electron chi connectivity index (χ3n) is 4.62. The Labute approximate surface area is 217 Å². The van der Waals surface area contributed by atoms with Crippen molar-refractivity contribution in [3.63, 3.8) is 0 Å². The van der Waals surface area contributed by atoms with Crippen molar-refractivity contribution in [2.75, 3.05) is 27.2 Å². The maximum atomic E-state index is 12.7. The Morgan fingerprint density at radius 1 is 1.11 bits per heavy atom. The van der Waals surface area contributed by atoms with Crippen molar-refractivity contribution in [1.82, 2.24) is 21.0 Å². The van der Waals surface area contributed by atoms with Crippen molar-refractivity contribution >= 4 is 58.9 Å². The number of esters is 1. The Kier molecular flexibility index (Phi) is 11.1. The van der Waals surface area contributed by atoms with E-state index >= 15 is 0 Å². The van der Waals surface area contributed by atoms with Crippen molar-refractivity contribution in [1.29, 1.82) is 0 Å². The van der Waals surface area contributed by atoms with Gasteiger partial charge >= 0.3 is 5.97 Å². The number of halogens is 2. The Morgan fingerprint density at radius 3 is 2.44 bits per heavy atom. The average Bonchev–Trinajstić information content (AvgIpc) is 2.83. The number of hydrazine groups is 1. The molecule has 0 spiro atoms. The van der Waals surface area contributed by atoms with E-state index in [0.29, 0.717) is 21.3 Å². The highest BCUT2D eigenvalue weighted by atomic mass is 35.5. The molecule has 0 aliphatic carbocycles. The lowest BCUT2D eigenvalue weighted by atomic mass is 10.1. The summed E-state index contributed by atoms with van der Waals surface area (Å²) in [4.78, 5) is 54.8. The number of hydrogen-bond acceptors (Lipinski definition) is 7. The van der Waals surface area contributed by atoms with E-state index in [2.05, 4.69) is 21.1 Å². The maximum Gasteiger partial charge on any atom is 0.329 e. The standard InChI is InChI=1S/C23H26Cl2N6O5/c1-31(2)21(33)12-36-23(35)19(8-14-6-16(24)10-17(25)7-14)30-20(32)11-27-22(34)15-4-3-5-18(9-15)28-13-29-26/h3-7,9-10,13,19H,8,11-12,26H2,1-2H3,(H,27,34)(H,28,29)(H,30,32). The van der Waals surface area contributed by atoms with E-state index in [0.717, 1.165) is 0 Å². The number of ether oxygens (including phenoxy) is 1. The molecule has 13 heteroatoms. The Balaban J connectivity index is 2.06. The van der Waals surface area contributed by atoms with Crippen LogP contribution in [0.5, 0.6) is 0 Å². The van der Waals surface area contributed by atoms with E-state index < -0.39 is 42.9 Å². The minimum absolute atomic E-state index is 0.00974. The van der Waals surface area contributed by atoms with E-state index in [1.54, 1.807) is 30.3 Å². The summed E-state index contributed by atoms with van der Waals surface area (Å²) in [6.07, 6.45) is 1.24. The summed E-state index contributed by atoms with van der Waals surface area (Å²) >= 11 is 12.1. The molecule has 1 unspecified atom stereocenters. The SMILES string of the molecule is CN(C)C(=O)COC(=O)C(Cc1cc(Cl)cc(Cl)c1)NC(=O)CNC(=O)c1cccc(N=CNN)c1. The second kappa shape index (κ2) is 14.0. The van der Waals surface area contributed by atoms with Gasteiger partial charge in [-0.1, -0.05) is 29.3 Å². The van der Waals surface area contributed by atoms with Crippen LogP contribution < -0.4 is 21.9 Å². The molecule has 5 N–H and O–H groups in total. The monoisotopic (exact) mass is 536 g/mol. The van der Waals surface area contributed by atoms with Gasteiger partial charge in [-0.05, 0) is 42.0 Å². The highest BCUT2D eigenvalue weighted by molar-refractivity contribution is 6.34. The van der Waals surface area contributed by atoms with E-state index in [1.807, 2.05) is 0 Å². The van der Waals surface area contributed by atoms with Gasteiger partial charge in [-0.15, -0.1) is 0 Å². The third-order valence-corrected chi connectivity index (χ3v) is 5.06. The third kappa shape index (κ3) is 9.53. The summed E-state index contributed by atoms with van der Waals surface area (Å²) in [6.45, 7) is -0.920. The zero-order chi connectivity index (χ0) is 26.7. The van der Waals surface area contributed by atoms with Crippen LogP contribution in [0.1, 0.15) is 15.9 Å². The largest absolute Gasteiger partial charge is 0.454 e. The predicted molar refractivity (Wildman–Crippen MR) is 136 cm³/mol. The molecular weight excluding hydrogens is 511 g/mol. The quantitative estimate of drug-likeness (QED) is 0.110. The number of nitrogens with one attached hydrogen (secondary N) is 3. The number of nitrogens with two attached hydrogens (primary N) is 1. The summed E-state index contributed by atoms with van der Waals surface area (Å²) in [7, 11) is 3.03. The van der Waals surface area contributed by atoms with Crippen LogP contribution >= 0.6 is 23.2 Å². The molecule has 0 heterocycles. The van der Waals surface area contributed by atoms with Gasteiger partial charge in [-0.25, -0.2) is 15.6 Å². The lowest BCUT2D eigenvalue weighted by Crippen LogP contribution is -2.47. The van der Waals surface area contributed by atoms with Crippen molar-refractivity contribution in [3.8, 4) is 0 Å². The topological polar surface area (TPSA) is 155 Å². The lowest BCUT2D eigenvalue weighted by Gasteiger charge is -2.19. The van der Waals surface area contributed by atoms with Gasteiger partial charge in [0.1, 0.15) is 12.4 Å². The summed E-state index contributed by atoms with van der Waals surface area (Å²) in [5.41, 5.74) is 3.55. The van der Waals surface area contributed by atoms with Crippen LogP contribution in [0.25, 0.3) is 0 Å². The molecule has 0 aliphatic heterocycles. The molecule has 2 aromatic carbocycles. The Hall–Kier alpha value is -3.67. The van der Waals surface area contributed by atoms with Gasteiger partial charge in [0, 0.05) is 36.1 Å². The fourth-order valence-corrected chi connectivity index (χ4v) is 3.44. The van der Waals surface area contributed by atoms with Crippen molar-refractivity contribution in [2.45, 2.75) is 12.5 Å². The van der Waals surface area contributed by atoms with Gasteiger partial charge in [0.15, 0.2) is 6.61 Å². The second-order valence-corrected chi connectivity index (χ2v) is 8.53. The molecule has 192 valence electrons. The van der Waals surface area contributed by atoms with Gasteiger partial charge < -0.3 is 25.7 Å². The fourth-order valence-electron chi connectivity index (χ4n) is 2.87.